The number of allylic oxidation sites excluding steroid dienone is 4. The van der Waals surface area contributed by atoms with Crippen LogP contribution in [0.15, 0.2) is 21.6 Å². The predicted molar refractivity (Wildman–Crippen MR) is 45.5 cm³/mol. The Morgan fingerprint density at radius 3 is 2.00 bits per heavy atom. The molecule has 1 aliphatic carbocycles. The maximum absolute atomic E-state index is 2.24. The topological polar surface area (TPSA) is 0 Å². The predicted octanol–water partition coefficient (Wildman–Crippen LogP) is 2.86. The monoisotopic (exact) mass is 213 g/mol. The molecule has 0 aliphatic heterocycles. The van der Waals surface area contributed by atoms with Crippen molar-refractivity contribution >= 4 is 24.8 Å². The Labute approximate surface area is 86.4 Å². The fourth-order valence-corrected chi connectivity index (χ4v) is 1.11. The second kappa shape index (κ2) is 5.43. The van der Waals surface area contributed by atoms with E-state index in [9.17, 15) is 0 Å². The molecule has 0 bridgehead atoms. The van der Waals surface area contributed by atoms with Gasteiger partial charge in [-0.3, -0.25) is 0 Å². The molecule has 0 nitrogen and oxygen atoms in total. The molecule has 3 heteroatoms. The van der Waals surface area contributed by atoms with Gasteiger partial charge in [0.05, 0.1) is 0 Å². The van der Waals surface area contributed by atoms with Gasteiger partial charge in [0, 0.05) is 0 Å². The second-order valence-electron chi connectivity index (χ2n) is 2.24. The molecule has 0 heterocycles. The summed E-state index contributed by atoms with van der Waals surface area (Å²) < 4.78 is 1.52. The zero-order valence-corrected chi connectivity index (χ0v) is 9.24. The molecule has 0 saturated heterocycles. The van der Waals surface area contributed by atoms with E-state index in [-0.39, 0.29) is 24.8 Å². The van der Waals surface area contributed by atoms with Crippen LogP contribution in [-0.2, 0) is 20.4 Å². The Kier molecular flexibility index (Phi) is 7.26. The van der Waals surface area contributed by atoms with E-state index in [1.165, 1.54) is 9.45 Å². The van der Waals surface area contributed by atoms with Crippen molar-refractivity contribution in [2.75, 3.05) is 0 Å². The molecule has 1 aliphatic rings. The minimum Gasteiger partial charge on any atom is -0.147 e. The van der Waals surface area contributed by atoms with Gasteiger partial charge >= 0.3 is 61.8 Å². The van der Waals surface area contributed by atoms with E-state index < -0.39 is 0 Å². The molecule has 0 radical (unpaired) electrons. The molecule has 57 valence electrons. The Hall–Kier alpha value is 0.774. The van der Waals surface area contributed by atoms with Crippen LogP contribution < -0.4 is 0 Å². The van der Waals surface area contributed by atoms with Crippen molar-refractivity contribution in [1.82, 2.24) is 0 Å². The summed E-state index contributed by atoms with van der Waals surface area (Å²) in [5.74, 6) is 0.690. The first-order valence-corrected chi connectivity index (χ1v) is 3.60. The third-order valence-corrected chi connectivity index (χ3v) is 2.84. The van der Waals surface area contributed by atoms with Crippen molar-refractivity contribution in [3.63, 3.8) is 0 Å². The largest absolute Gasteiger partial charge is 0.147 e. The third-order valence-electron chi connectivity index (χ3n) is 1.52. The van der Waals surface area contributed by atoms with Gasteiger partial charge in [0.2, 0.25) is 0 Å². The Bertz CT molecular complexity index is 161. The van der Waals surface area contributed by atoms with Crippen LogP contribution >= 0.6 is 24.8 Å². The molecule has 0 spiro atoms. The molecule has 1 rings (SSSR count). The van der Waals surface area contributed by atoms with Crippen molar-refractivity contribution < 1.29 is 20.4 Å². The van der Waals surface area contributed by atoms with Crippen LogP contribution in [-0.4, -0.2) is 0 Å². The summed E-state index contributed by atoms with van der Waals surface area (Å²) in [5.41, 5.74) is 1.44. The SMILES string of the molecule is CC1=[C]([Ti])C(C)C=C1.Cl.Cl. The summed E-state index contributed by atoms with van der Waals surface area (Å²) in [6.45, 7) is 4.39. The Morgan fingerprint density at radius 1 is 1.40 bits per heavy atom. The Balaban J connectivity index is 0. The second-order valence-corrected chi connectivity index (χ2v) is 3.09. The van der Waals surface area contributed by atoms with Crippen LogP contribution in [0.2, 0.25) is 0 Å². The van der Waals surface area contributed by atoms with Crippen LogP contribution in [0.3, 0.4) is 0 Å². The van der Waals surface area contributed by atoms with Crippen molar-refractivity contribution in [2.45, 2.75) is 13.8 Å². The van der Waals surface area contributed by atoms with E-state index in [4.69, 9.17) is 0 Å². The molecular formula is C7H11Cl2Ti. The normalized spacial score (nSPS) is 21.9. The molecule has 0 aromatic heterocycles. The fraction of sp³-hybridized carbons (Fsp3) is 0.429. The number of hydrogen-bond acceptors (Lipinski definition) is 0. The summed E-state index contributed by atoms with van der Waals surface area (Å²) >= 11 is 2.19. The number of hydrogen-bond donors (Lipinski definition) is 0. The van der Waals surface area contributed by atoms with Crippen LogP contribution in [0.5, 0.6) is 0 Å². The van der Waals surface area contributed by atoms with Gasteiger partial charge in [-0.15, -0.1) is 24.8 Å². The quantitative estimate of drug-likeness (QED) is 0.543. The molecular weight excluding hydrogens is 203 g/mol. The summed E-state index contributed by atoms with van der Waals surface area (Å²) in [7, 11) is 0. The van der Waals surface area contributed by atoms with Gasteiger partial charge in [-0.2, -0.15) is 0 Å². The van der Waals surface area contributed by atoms with Gasteiger partial charge in [0.1, 0.15) is 0 Å². The van der Waals surface area contributed by atoms with Gasteiger partial charge in [-0.05, 0) is 0 Å². The number of rotatable bonds is 0. The van der Waals surface area contributed by atoms with Gasteiger partial charge < -0.3 is 0 Å². The van der Waals surface area contributed by atoms with E-state index >= 15 is 0 Å². The van der Waals surface area contributed by atoms with Crippen molar-refractivity contribution in [3.05, 3.63) is 21.6 Å². The molecule has 0 aromatic carbocycles. The zero-order valence-electron chi connectivity index (χ0n) is 6.05. The molecule has 0 saturated carbocycles. The van der Waals surface area contributed by atoms with E-state index in [1.54, 1.807) is 0 Å². The van der Waals surface area contributed by atoms with Gasteiger partial charge in [-0.25, -0.2) is 0 Å². The van der Waals surface area contributed by atoms with Crippen LogP contribution in [0, 0.1) is 5.92 Å². The van der Waals surface area contributed by atoms with E-state index in [2.05, 4.69) is 46.4 Å². The van der Waals surface area contributed by atoms with Crippen molar-refractivity contribution in [3.8, 4) is 0 Å². The van der Waals surface area contributed by atoms with Crippen molar-refractivity contribution in [2.24, 2.45) is 5.92 Å². The molecule has 1 unspecified atom stereocenters. The first-order chi connectivity index (χ1) is 3.72. The van der Waals surface area contributed by atoms with Gasteiger partial charge in [0.15, 0.2) is 0 Å². The smallest absolute Gasteiger partial charge is 0.147 e. The third kappa shape index (κ3) is 2.80. The van der Waals surface area contributed by atoms with Gasteiger partial charge in [0.25, 0.3) is 0 Å². The zero-order chi connectivity index (χ0) is 6.15. The standard InChI is InChI=1S/C7H9.2ClH.Ti/c1-6-3-4-7(2)5-6;;;/h3-4,6H,1-2H3;2*1H;. The van der Waals surface area contributed by atoms with E-state index in [1.807, 2.05) is 0 Å². The molecule has 0 amide bonds. The molecule has 0 aromatic rings. The summed E-state index contributed by atoms with van der Waals surface area (Å²) in [6.07, 6.45) is 4.44. The first-order valence-electron chi connectivity index (χ1n) is 2.82. The summed E-state index contributed by atoms with van der Waals surface area (Å²) in [4.78, 5) is 0. The molecule has 1 atom stereocenters. The van der Waals surface area contributed by atoms with E-state index in [0.29, 0.717) is 5.92 Å². The minimum atomic E-state index is 0. The summed E-state index contributed by atoms with van der Waals surface area (Å²) in [6, 6.07) is 0. The van der Waals surface area contributed by atoms with Crippen LogP contribution in [0.1, 0.15) is 13.8 Å². The number of halogens is 2. The maximum atomic E-state index is 2.24. The minimum absolute atomic E-state index is 0. The average Bonchev–Trinajstić information content (AvgIpc) is 1.98. The van der Waals surface area contributed by atoms with Crippen LogP contribution in [0.25, 0.3) is 0 Å². The Morgan fingerprint density at radius 2 is 1.90 bits per heavy atom. The first kappa shape index (κ1) is 13.4. The van der Waals surface area contributed by atoms with Crippen molar-refractivity contribution in [1.29, 1.82) is 0 Å². The maximum Gasteiger partial charge on any atom is -0.147 e. The molecule has 10 heavy (non-hydrogen) atoms. The van der Waals surface area contributed by atoms with Crippen LogP contribution in [0.4, 0.5) is 0 Å². The fourth-order valence-electron chi connectivity index (χ4n) is 0.834. The average molecular weight is 214 g/mol. The van der Waals surface area contributed by atoms with Gasteiger partial charge in [-0.1, -0.05) is 0 Å². The molecule has 0 fully saturated rings. The molecule has 0 N–H and O–H groups in total. The summed E-state index contributed by atoms with van der Waals surface area (Å²) in [5, 5.41) is 0. The van der Waals surface area contributed by atoms with E-state index in [0.717, 1.165) is 0 Å².